The minimum absolute atomic E-state index is 0.340. The minimum Gasteiger partial charge on any atom is -0.481 e. The van der Waals surface area contributed by atoms with Crippen molar-refractivity contribution in [1.29, 1.82) is 0 Å². The van der Waals surface area contributed by atoms with E-state index in [-0.39, 0.29) is 5.92 Å². The van der Waals surface area contributed by atoms with Crippen molar-refractivity contribution in [3.05, 3.63) is 17.5 Å². The van der Waals surface area contributed by atoms with Crippen LogP contribution in [0.2, 0.25) is 0 Å². The summed E-state index contributed by atoms with van der Waals surface area (Å²) in [5.41, 5.74) is 1.86. The molecule has 0 aliphatic heterocycles. The number of carbonyl (C=O) groups is 1. The molecule has 1 aliphatic rings. The third kappa shape index (κ3) is 0.995. The van der Waals surface area contributed by atoms with Gasteiger partial charge in [-0.1, -0.05) is 0 Å². The van der Waals surface area contributed by atoms with E-state index < -0.39 is 5.97 Å². The maximum atomic E-state index is 10.8. The summed E-state index contributed by atoms with van der Waals surface area (Å²) >= 11 is 0. The Morgan fingerprint density at radius 1 is 1.75 bits per heavy atom. The maximum absolute atomic E-state index is 10.8. The number of aryl methyl sites for hydroxylation is 1. The van der Waals surface area contributed by atoms with Gasteiger partial charge in [-0.2, -0.15) is 5.10 Å². The third-order valence-electron chi connectivity index (χ3n) is 2.34. The van der Waals surface area contributed by atoms with Gasteiger partial charge in [-0.05, 0) is 19.3 Å². The average molecular weight is 166 g/mol. The molecule has 1 aromatic heterocycles. The van der Waals surface area contributed by atoms with Crippen molar-refractivity contribution in [3.63, 3.8) is 0 Å². The molecule has 0 aromatic carbocycles. The average Bonchev–Trinajstić information content (AvgIpc) is 2.49. The van der Waals surface area contributed by atoms with Crippen LogP contribution in [-0.4, -0.2) is 21.3 Å². The molecule has 0 saturated carbocycles. The van der Waals surface area contributed by atoms with Crippen molar-refractivity contribution in [3.8, 4) is 0 Å². The van der Waals surface area contributed by atoms with Crippen LogP contribution in [0, 0.1) is 0 Å². The smallest absolute Gasteiger partial charge is 0.311 e. The molecular formula is C8H10N2O2. The number of aliphatic carboxylic acids is 1. The number of nitrogens with zero attached hydrogens (tertiary/aromatic N) is 1. The molecule has 64 valence electrons. The van der Waals surface area contributed by atoms with E-state index in [0.29, 0.717) is 0 Å². The first kappa shape index (κ1) is 7.34. The second kappa shape index (κ2) is 2.62. The fraction of sp³-hybridized carbons (Fsp3) is 0.500. The number of aromatic amines is 1. The molecule has 4 nitrogen and oxygen atoms in total. The van der Waals surface area contributed by atoms with Crippen molar-refractivity contribution in [2.75, 3.05) is 0 Å². The Morgan fingerprint density at radius 3 is 3.33 bits per heavy atom. The second-order valence-corrected chi connectivity index (χ2v) is 3.09. The summed E-state index contributed by atoms with van der Waals surface area (Å²) < 4.78 is 0. The number of aromatic nitrogens is 2. The van der Waals surface area contributed by atoms with Gasteiger partial charge in [-0.25, -0.2) is 0 Å². The Hall–Kier alpha value is -1.32. The van der Waals surface area contributed by atoms with Gasteiger partial charge in [0.1, 0.15) is 0 Å². The molecule has 2 N–H and O–H groups in total. The van der Waals surface area contributed by atoms with E-state index in [1.165, 1.54) is 0 Å². The lowest BCUT2D eigenvalue weighted by Gasteiger charge is -2.17. The van der Waals surface area contributed by atoms with Gasteiger partial charge in [-0.15, -0.1) is 0 Å². The van der Waals surface area contributed by atoms with Crippen LogP contribution in [0.1, 0.15) is 30.0 Å². The first-order valence-electron chi connectivity index (χ1n) is 4.04. The molecule has 1 heterocycles. The van der Waals surface area contributed by atoms with E-state index in [1.54, 1.807) is 6.20 Å². The van der Waals surface area contributed by atoms with Gasteiger partial charge in [0.2, 0.25) is 0 Å². The number of nitrogens with one attached hydrogen (secondary N) is 1. The molecule has 1 aliphatic carbocycles. The van der Waals surface area contributed by atoms with Gasteiger partial charge in [0, 0.05) is 11.3 Å². The molecular weight excluding hydrogens is 156 g/mol. The maximum Gasteiger partial charge on any atom is 0.311 e. The highest BCUT2D eigenvalue weighted by atomic mass is 16.4. The molecule has 0 saturated heterocycles. The molecule has 2 rings (SSSR count). The van der Waals surface area contributed by atoms with E-state index in [0.717, 1.165) is 30.5 Å². The quantitative estimate of drug-likeness (QED) is 0.651. The van der Waals surface area contributed by atoms with Crippen molar-refractivity contribution >= 4 is 5.97 Å². The topological polar surface area (TPSA) is 66.0 Å². The summed E-state index contributed by atoms with van der Waals surface area (Å²) in [6, 6.07) is 0. The normalized spacial score (nSPS) is 21.8. The molecule has 0 bridgehead atoms. The first-order chi connectivity index (χ1) is 5.79. The number of carboxylic acids is 1. The molecule has 0 fully saturated rings. The summed E-state index contributed by atoms with van der Waals surface area (Å²) in [4.78, 5) is 10.8. The van der Waals surface area contributed by atoms with Crippen LogP contribution >= 0.6 is 0 Å². The van der Waals surface area contributed by atoms with Crippen molar-refractivity contribution in [1.82, 2.24) is 10.2 Å². The lowest BCUT2D eigenvalue weighted by Crippen LogP contribution is -2.16. The number of hydrogen-bond donors (Lipinski definition) is 2. The lowest BCUT2D eigenvalue weighted by atomic mass is 9.87. The Labute approximate surface area is 69.6 Å². The summed E-state index contributed by atoms with van der Waals surface area (Å²) in [6.07, 6.45) is 4.24. The van der Waals surface area contributed by atoms with Gasteiger partial charge in [-0.3, -0.25) is 9.89 Å². The van der Waals surface area contributed by atoms with E-state index in [9.17, 15) is 4.79 Å². The Balaban J connectivity index is 2.37. The van der Waals surface area contributed by atoms with Gasteiger partial charge in [0.25, 0.3) is 0 Å². The molecule has 1 aromatic rings. The third-order valence-corrected chi connectivity index (χ3v) is 2.34. The Bertz CT molecular complexity index is 306. The van der Waals surface area contributed by atoms with E-state index in [1.807, 2.05) is 0 Å². The number of fused-ring (bicyclic) bond motifs is 1. The zero-order chi connectivity index (χ0) is 8.55. The summed E-state index contributed by atoms with van der Waals surface area (Å²) in [5, 5.41) is 15.5. The first-order valence-corrected chi connectivity index (χ1v) is 4.04. The molecule has 1 atom stereocenters. The van der Waals surface area contributed by atoms with Crippen LogP contribution in [0.3, 0.4) is 0 Å². The molecule has 0 amide bonds. The zero-order valence-electron chi connectivity index (χ0n) is 6.58. The summed E-state index contributed by atoms with van der Waals surface area (Å²) in [5.74, 6) is -1.08. The van der Waals surface area contributed by atoms with Crippen LogP contribution in [0.25, 0.3) is 0 Å². The number of carboxylic acid groups (broad SMARTS) is 1. The molecule has 0 spiro atoms. The second-order valence-electron chi connectivity index (χ2n) is 3.09. The molecule has 0 radical (unpaired) electrons. The predicted octanol–water partition coefficient (Wildman–Crippen LogP) is 0.914. The van der Waals surface area contributed by atoms with Crippen LogP contribution in [-0.2, 0) is 11.2 Å². The SMILES string of the molecule is O=C(O)C1CCCc2[nH]ncc21. The summed E-state index contributed by atoms with van der Waals surface area (Å²) in [7, 11) is 0. The number of hydrogen-bond acceptors (Lipinski definition) is 2. The fourth-order valence-corrected chi connectivity index (χ4v) is 1.72. The van der Waals surface area contributed by atoms with Gasteiger partial charge >= 0.3 is 5.97 Å². The highest BCUT2D eigenvalue weighted by Crippen LogP contribution is 2.29. The van der Waals surface area contributed by atoms with Gasteiger partial charge < -0.3 is 5.11 Å². The largest absolute Gasteiger partial charge is 0.481 e. The fourth-order valence-electron chi connectivity index (χ4n) is 1.72. The molecule has 1 unspecified atom stereocenters. The van der Waals surface area contributed by atoms with E-state index in [2.05, 4.69) is 10.2 Å². The monoisotopic (exact) mass is 166 g/mol. The highest BCUT2D eigenvalue weighted by Gasteiger charge is 2.27. The highest BCUT2D eigenvalue weighted by molar-refractivity contribution is 5.76. The van der Waals surface area contributed by atoms with Gasteiger partial charge in [0.05, 0.1) is 12.1 Å². The minimum atomic E-state index is -0.739. The predicted molar refractivity (Wildman–Crippen MR) is 41.9 cm³/mol. The summed E-state index contributed by atoms with van der Waals surface area (Å²) in [6.45, 7) is 0. The number of rotatable bonds is 1. The Morgan fingerprint density at radius 2 is 2.58 bits per heavy atom. The van der Waals surface area contributed by atoms with Crippen molar-refractivity contribution < 1.29 is 9.90 Å². The van der Waals surface area contributed by atoms with Crippen LogP contribution < -0.4 is 0 Å². The van der Waals surface area contributed by atoms with Crippen molar-refractivity contribution in [2.24, 2.45) is 0 Å². The van der Waals surface area contributed by atoms with Crippen molar-refractivity contribution in [2.45, 2.75) is 25.2 Å². The van der Waals surface area contributed by atoms with Crippen LogP contribution in [0.4, 0.5) is 0 Å². The molecule has 12 heavy (non-hydrogen) atoms. The zero-order valence-corrected chi connectivity index (χ0v) is 6.58. The number of H-pyrrole nitrogens is 1. The molecule has 4 heteroatoms. The van der Waals surface area contributed by atoms with Gasteiger partial charge in [0.15, 0.2) is 0 Å². The van der Waals surface area contributed by atoms with Crippen LogP contribution in [0.5, 0.6) is 0 Å². The van der Waals surface area contributed by atoms with Crippen LogP contribution in [0.15, 0.2) is 6.20 Å². The Kier molecular flexibility index (Phi) is 1.60. The van der Waals surface area contributed by atoms with E-state index >= 15 is 0 Å². The van der Waals surface area contributed by atoms with E-state index in [4.69, 9.17) is 5.11 Å². The lowest BCUT2D eigenvalue weighted by molar-refractivity contribution is -0.139. The standard InChI is InChI=1S/C8H10N2O2/c11-8(12)5-2-1-3-7-6(5)4-9-10-7/h4-5H,1-3H2,(H,9,10)(H,11,12).